The number of piperazine rings is 1. The molecule has 0 bridgehead atoms. The Morgan fingerprint density at radius 1 is 1.39 bits per heavy atom. The van der Waals surface area contributed by atoms with Crippen LogP contribution in [-0.2, 0) is 18.4 Å². The van der Waals surface area contributed by atoms with Gasteiger partial charge in [-0.2, -0.15) is 5.10 Å². The molecule has 0 atom stereocenters. The average Bonchev–Trinajstić information content (AvgIpc) is 3.08. The Hall–Kier alpha value is -2.70. The van der Waals surface area contributed by atoms with Gasteiger partial charge in [0.15, 0.2) is 5.96 Å². The van der Waals surface area contributed by atoms with Crippen molar-refractivity contribution in [3.63, 3.8) is 0 Å². The Labute approximate surface area is 179 Å². The van der Waals surface area contributed by atoms with E-state index in [-0.39, 0.29) is 42.1 Å². The Kier molecular flexibility index (Phi) is 7.31. The largest absolute Gasteiger partial charge is 0.352 e. The fourth-order valence-corrected chi connectivity index (χ4v) is 2.97. The molecule has 0 radical (unpaired) electrons. The van der Waals surface area contributed by atoms with E-state index in [0.717, 1.165) is 11.3 Å². The number of aromatic nitrogens is 2. The molecule has 0 saturated carbocycles. The monoisotopic (exact) mass is 499 g/mol. The summed E-state index contributed by atoms with van der Waals surface area (Å²) in [5.74, 6) is 0.549. The van der Waals surface area contributed by atoms with E-state index < -0.39 is 4.92 Å². The normalized spacial score (nSPS) is 14.6. The molecule has 0 aliphatic carbocycles. The predicted molar refractivity (Wildman–Crippen MR) is 116 cm³/mol. The fraction of sp³-hybridized carbons (Fsp3) is 0.353. The van der Waals surface area contributed by atoms with E-state index in [4.69, 9.17) is 0 Å². The average molecular weight is 499 g/mol. The molecule has 11 heteroatoms. The predicted octanol–water partition coefficient (Wildman–Crippen LogP) is 1.37. The van der Waals surface area contributed by atoms with Crippen molar-refractivity contribution in [2.75, 3.05) is 31.6 Å². The Bertz CT molecular complexity index is 883. The number of nitrogens with zero attached hydrogens (tertiary/aromatic N) is 6. The number of aliphatic imine (C=N–C) groups is 1. The highest BCUT2D eigenvalue weighted by atomic mass is 127. The number of guanidine groups is 1. The summed E-state index contributed by atoms with van der Waals surface area (Å²) in [4.78, 5) is 30.8. The van der Waals surface area contributed by atoms with Gasteiger partial charge in [-0.05, 0) is 5.56 Å². The molecule has 1 saturated heterocycles. The van der Waals surface area contributed by atoms with Crippen molar-refractivity contribution in [2.24, 2.45) is 12.0 Å². The molecule has 10 nitrogen and oxygen atoms in total. The van der Waals surface area contributed by atoms with Crippen molar-refractivity contribution < 1.29 is 9.72 Å². The van der Waals surface area contributed by atoms with Crippen molar-refractivity contribution in [3.8, 4) is 0 Å². The first-order chi connectivity index (χ1) is 13.0. The van der Waals surface area contributed by atoms with E-state index in [1.807, 2.05) is 18.1 Å². The second-order valence-electron chi connectivity index (χ2n) is 6.17. The summed E-state index contributed by atoms with van der Waals surface area (Å²) >= 11 is 0. The lowest BCUT2D eigenvalue weighted by atomic mass is 10.2. The molecule has 0 unspecified atom stereocenters. The number of non-ortho nitro benzene ring substituents is 1. The molecular weight excluding hydrogens is 477 g/mol. The van der Waals surface area contributed by atoms with Crippen LogP contribution in [0.2, 0.25) is 0 Å². The first-order valence-corrected chi connectivity index (χ1v) is 8.46. The van der Waals surface area contributed by atoms with Gasteiger partial charge in [-0.1, -0.05) is 12.1 Å². The minimum absolute atomic E-state index is 0. The van der Waals surface area contributed by atoms with Gasteiger partial charge in [0.05, 0.1) is 16.8 Å². The van der Waals surface area contributed by atoms with Crippen LogP contribution in [0.3, 0.4) is 0 Å². The molecule has 1 fully saturated rings. The van der Waals surface area contributed by atoms with Gasteiger partial charge in [-0.3, -0.25) is 24.6 Å². The Balaban J connectivity index is 0.00000280. The number of carbonyl (C=O) groups is 1. The topological polar surface area (TPSA) is 109 Å². The fourth-order valence-electron chi connectivity index (χ4n) is 2.97. The van der Waals surface area contributed by atoms with Gasteiger partial charge in [0.2, 0.25) is 5.91 Å². The number of nitrogens with one attached hydrogen (secondary N) is 1. The van der Waals surface area contributed by atoms with E-state index in [0.29, 0.717) is 25.6 Å². The van der Waals surface area contributed by atoms with E-state index in [1.54, 1.807) is 35.0 Å². The zero-order valence-corrected chi connectivity index (χ0v) is 17.9. The zero-order valence-electron chi connectivity index (χ0n) is 15.6. The minimum atomic E-state index is -0.422. The number of aryl methyl sites for hydroxylation is 1. The first kappa shape index (κ1) is 21.6. The lowest BCUT2D eigenvalue weighted by molar-refractivity contribution is -0.384. The van der Waals surface area contributed by atoms with Crippen LogP contribution in [-0.4, -0.2) is 58.2 Å². The Morgan fingerprint density at radius 2 is 2.18 bits per heavy atom. The van der Waals surface area contributed by atoms with Gasteiger partial charge in [0.1, 0.15) is 6.54 Å². The second-order valence-corrected chi connectivity index (χ2v) is 6.17. The number of nitro benzene ring substituents is 1. The number of benzene rings is 1. The molecule has 0 spiro atoms. The zero-order chi connectivity index (χ0) is 19.4. The molecule has 1 aliphatic rings. The van der Waals surface area contributed by atoms with Gasteiger partial charge in [0, 0.05) is 52.1 Å². The van der Waals surface area contributed by atoms with Crippen LogP contribution in [0, 0.1) is 10.1 Å². The van der Waals surface area contributed by atoms with E-state index in [2.05, 4.69) is 15.4 Å². The molecule has 1 N–H and O–H groups in total. The van der Waals surface area contributed by atoms with Crippen molar-refractivity contribution in [1.29, 1.82) is 0 Å². The third-order valence-corrected chi connectivity index (χ3v) is 4.31. The molecule has 1 aromatic carbocycles. The summed E-state index contributed by atoms with van der Waals surface area (Å²) in [7, 11) is 3.46. The van der Waals surface area contributed by atoms with Crippen molar-refractivity contribution in [1.82, 2.24) is 20.0 Å². The van der Waals surface area contributed by atoms with E-state index >= 15 is 0 Å². The highest BCUT2D eigenvalue weighted by Gasteiger charge is 2.27. The van der Waals surface area contributed by atoms with Gasteiger partial charge in [0.25, 0.3) is 5.69 Å². The number of nitro groups is 1. The van der Waals surface area contributed by atoms with Crippen molar-refractivity contribution in [3.05, 3.63) is 52.3 Å². The van der Waals surface area contributed by atoms with Crippen LogP contribution in [0.4, 0.5) is 11.4 Å². The highest BCUT2D eigenvalue weighted by Crippen LogP contribution is 2.16. The molecule has 2 aromatic rings. The number of amides is 1. The molecule has 2 heterocycles. The smallest absolute Gasteiger partial charge is 0.269 e. The molecule has 3 rings (SSSR count). The summed E-state index contributed by atoms with van der Waals surface area (Å²) in [5.41, 5.74) is 1.59. The minimum Gasteiger partial charge on any atom is -0.352 e. The molecule has 150 valence electrons. The van der Waals surface area contributed by atoms with Crippen LogP contribution in [0.5, 0.6) is 0 Å². The molecule has 1 amide bonds. The quantitative estimate of drug-likeness (QED) is 0.224. The number of carbonyl (C=O) groups excluding carboxylic acids is 1. The summed E-state index contributed by atoms with van der Waals surface area (Å²) in [6.07, 6.45) is 3.48. The standard InChI is InChI=1S/C17H21N7O3.HI/c1-18-17(19-9-13-4-3-5-14(8-13)24(26)27)22-6-7-23(16(25)12-22)15-10-20-21(2)11-15;/h3-5,8,10-11H,6-7,9,12H2,1-2H3,(H,18,19);1H. The first-order valence-electron chi connectivity index (χ1n) is 8.46. The van der Waals surface area contributed by atoms with Crippen molar-refractivity contribution >= 4 is 47.2 Å². The molecule has 1 aliphatic heterocycles. The summed E-state index contributed by atoms with van der Waals surface area (Å²) in [6.45, 7) is 1.73. The van der Waals surface area contributed by atoms with Crippen LogP contribution >= 0.6 is 24.0 Å². The van der Waals surface area contributed by atoms with Crippen LogP contribution in [0.1, 0.15) is 5.56 Å². The number of hydrogen-bond acceptors (Lipinski definition) is 5. The lowest BCUT2D eigenvalue weighted by Crippen LogP contribution is -2.55. The van der Waals surface area contributed by atoms with Gasteiger partial charge in [-0.25, -0.2) is 0 Å². The van der Waals surface area contributed by atoms with Crippen LogP contribution < -0.4 is 10.2 Å². The second kappa shape index (κ2) is 9.48. The third-order valence-electron chi connectivity index (χ3n) is 4.31. The van der Waals surface area contributed by atoms with Crippen LogP contribution in [0.25, 0.3) is 0 Å². The lowest BCUT2D eigenvalue weighted by Gasteiger charge is -2.35. The summed E-state index contributed by atoms with van der Waals surface area (Å²) < 4.78 is 1.66. The maximum atomic E-state index is 12.5. The van der Waals surface area contributed by atoms with Crippen LogP contribution in [0.15, 0.2) is 41.7 Å². The number of anilines is 1. The maximum Gasteiger partial charge on any atom is 0.269 e. The Morgan fingerprint density at radius 3 is 2.79 bits per heavy atom. The number of halogens is 1. The number of hydrogen-bond donors (Lipinski definition) is 1. The van der Waals surface area contributed by atoms with E-state index in [1.165, 1.54) is 12.1 Å². The molecule has 1 aromatic heterocycles. The summed E-state index contributed by atoms with van der Waals surface area (Å²) in [5, 5.41) is 18.2. The molecule has 28 heavy (non-hydrogen) atoms. The maximum absolute atomic E-state index is 12.5. The molecular formula is C17H22IN7O3. The van der Waals surface area contributed by atoms with E-state index in [9.17, 15) is 14.9 Å². The number of rotatable bonds is 4. The van der Waals surface area contributed by atoms with Gasteiger partial charge >= 0.3 is 0 Å². The van der Waals surface area contributed by atoms with Gasteiger partial charge in [-0.15, -0.1) is 24.0 Å². The SMILES string of the molecule is CN=C(NCc1cccc([N+](=O)[O-])c1)N1CCN(c2cnn(C)c2)C(=O)C1.I. The van der Waals surface area contributed by atoms with Gasteiger partial charge < -0.3 is 15.1 Å². The highest BCUT2D eigenvalue weighted by molar-refractivity contribution is 14.0. The summed E-state index contributed by atoms with van der Waals surface area (Å²) in [6, 6.07) is 6.42. The third kappa shape index (κ3) is 4.97. The van der Waals surface area contributed by atoms with Crippen molar-refractivity contribution in [2.45, 2.75) is 6.54 Å².